The maximum absolute atomic E-state index is 4.14. The van der Waals surface area contributed by atoms with Crippen molar-refractivity contribution in [2.45, 2.75) is 5.75 Å². The normalized spacial score (nSPS) is 9.56. The Kier molecular flexibility index (Phi) is 2.11. The van der Waals surface area contributed by atoms with Crippen LogP contribution in [0, 0.1) is 0 Å². The van der Waals surface area contributed by atoms with Crippen molar-refractivity contribution in [3.63, 3.8) is 0 Å². The molecule has 0 radical (unpaired) electrons. The van der Waals surface area contributed by atoms with Crippen molar-refractivity contribution in [2.24, 2.45) is 7.05 Å². The molecule has 9 heavy (non-hydrogen) atoms. The quantitative estimate of drug-likeness (QED) is 0.437. The number of aromatic nitrogens is 1. The van der Waals surface area contributed by atoms with E-state index in [0.29, 0.717) is 0 Å². The van der Waals surface area contributed by atoms with E-state index >= 15 is 0 Å². The summed E-state index contributed by atoms with van der Waals surface area (Å²) in [7, 11) is 2.01. The van der Waals surface area contributed by atoms with Crippen molar-refractivity contribution in [1.82, 2.24) is 0 Å². The van der Waals surface area contributed by atoms with E-state index in [9.17, 15) is 0 Å². The standard InChI is InChI=1S/C7H9NS/c1-8-4-2-3-7(5-8)6-9/h2-5H,6H2,1H3/p+1. The first-order chi connectivity index (χ1) is 4.33. The van der Waals surface area contributed by atoms with E-state index < -0.39 is 0 Å². The molecule has 0 unspecified atom stereocenters. The predicted molar refractivity (Wildman–Crippen MR) is 40.3 cm³/mol. The molecule has 0 bridgehead atoms. The highest BCUT2D eigenvalue weighted by Gasteiger charge is 1.92. The summed E-state index contributed by atoms with van der Waals surface area (Å²) in [6.07, 6.45) is 4.07. The molecule has 0 atom stereocenters. The molecule has 1 rings (SSSR count). The molecule has 0 aromatic carbocycles. The van der Waals surface area contributed by atoms with Gasteiger partial charge in [0.05, 0.1) is 0 Å². The van der Waals surface area contributed by atoms with Crippen LogP contribution in [0.25, 0.3) is 0 Å². The van der Waals surface area contributed by atoms with Crippen molar-refractivity contribution in [2.75, 3.05) is 0 Å². The zero-order chi connectivity index (χ0) is 6.69. The average molecular weight is 140 g/mol. The molecule has 1 heterocycles. The van der Waals surface area contributed by atoms with Crippen molar-refractivity contribution in [3.8, 4) is 0 Å². The van der Waals surface area contributed by atoms with Gasteiger partial charge >= 0.3 is 0 Å². The molecule has 0 aliphatic carbocycles. The van der Waals surface area contributed by atoms with E-state index in [-0.39, 0.29) is 0 Å². The molecule has 0 aliphatic rings. The molecule has 1 aromatic heterocycles. The SMILES string of the molecule is C[n+]1cccc(CS)c1. The number of nitrogens with zero attached hydrogens (tertiary/aromatic N) is 1. The van der Waals surface area contributed by atoms with Crippen molar-refractivity contribution in [3.05, 3.63) is 30.1 Å². The Labute approximate surface area is 60.7 Å². The van der Waals surface area contributed by atoms with Crippen LogP contribution in [0.15, 0.2) is 24.5 Å². The van der Waals surface area contributed by atoms with Gasteiger partial charge in [-0.1, -0.05) is 0 Å². The van der Waals surface area contributed by atoms with Crippen LogP contribution in [-0.4, -0.2) is 0 Å². The third-order valence-electron chi connectivity index (χ3n) is 1.18. The Bertz CT molecular complexity index is 198. The summed E-state index contributed by atoms with van der Waals surface area (Å²) in [4.78, 5) is 0. The summed E-state index contributed by atoms with van der Waals surface area (Å²) < 4.78 is 2.02. The third kappa shape index (κ3) is 1.72. The molecule has 48 valence electrons. The Balaban J connectivity index is 2.94. The number of hydrogen-bond donors (Lipinski definition) is 1. The van der Waals surface area contributed by atoms with Crippen LogP contribution in [0.5, 0.6) is 0 Å². The van der Waals surface area contributed by atoms with Crippen LogP contribution in [0.1, 0.15) is 5.56 Å². The number of pyridine rings is 1. The van der Waals surface area contributed by atoms with Gasteiger partial charge in [0.25, 0.3) is 0 Å². The highest BCUT2D eigenvalue weighted by molar-refractivity contribution is 7.79. The van der Waals surface area contributed by atoms with E-state index in [1.807, 2.05) is 23.9 Å². The Hall–Kier alpha value is -0.500. The second-order valence-corrected chi connectivity index (χ2v) is 2.35. The zero-order valence-corrected chi connectivity index (χ0v) is 6.31. The number of hydrogen-bond acceptors (Lipinski definition) is 1. The van der Waals surface area contributed by atoms with E-state index in [1.54, 1.807) is 0 Å². The van der Waals surface area contributed by atoms with Gasteiger partial charge in [-0.05, 0) is 6.07 Å². The Morgan fingerprint density at radius 3 is 2.89 bits per heavy atom. The molecule has 1 aromatic rings. The summed E-state index contributed by atoms with van der Waals surface area (Å²) in [5, 5.41) is 0. The number of aryl methyl sites for hydroxylation is 1. The number of thiol groups is 1. The van der Waals surface area contributed by atoms with Crippen molar-refractivity contribution in [1.29, 1.82) is 0 Å². The molecule has 0 saturated carbocycles. The third-order valence-corrected chi connectivity index (χ3v) is 1.55. The summed E-state index contributed by atoms with van der Waals surface area (Å²) in [6, 6.07) is 4.08. The Morgan fingerprint density at radius 2 is 2.44 bits per heavy atom. The lowest BCUT2D eigenvalue weighted by Crippen LogP contribution is -2.26. The van der Waals surface area contributed by atoms with Crippen LogP contribution in [0.2, 0.25) is 0 Å². The fourth-order valence-corrected chi connectivity index (χ4v) is 0.931. The second-order valence-electron chi connectivity index (χ2n) is 2.04. The summed E-state index contributed by atoms with van der Waals surface area (Å²) in [6.45, 7) is 0. The highest BCUT2D eigenvalue weighted by atomic mass is 32.1. The highest BCUT2D eigenvalue weighted by Crippen LogP contribution is 1.96. The van der Waals surface area contributed by atoms with Gasteiger partial charge in [-0.15, -0.1) is 0 Å². The van der Waals surface area contributed by atoms with Gasteiger partial charge in [-0.25, -0.2) is 4.57 Å². The van der Waals surface area contributed by atoms with Gasteiger partial charge in [0.2, 0.25) is 0 Å². The van der Waals surface area contributed by atoms with Gasteiger partial charge in [0, 0.05) is 17.4 Å². The van der Waals surface area contributed by atoms with Crippen LogP contribution in [0.4, 0.5) is 0 Å². The first-order valence-electron chi connectivity index (χ1n) is 2.88. The fraction of sp³-hybridized carbons (Fsp3) is 0.286. The molecular weight excluding hydrogens is 130 g/mol. The van der Waals surface area contributed by atoms with E-state index in [2.05, 4.69) is 24.9 Å². The van der Waals surface area contributed by atoms with E-state index in [0.717, 1.165) is 5.75 Å². The largest absolute Gasteiger partial charge is 0.207 e. The second kappa shape index (κ2) is 2.87. The lowest BCUT2D eigenvalue weighted by atomic mass is 10.3. The van der Waals surface area contributed by atoms with Crippen molar-refractivity contribution < 1.29 is 4.57 Å². The predicted octanol–water partition coefficient (Wildman–Crippen LogP) is 0.941. The monoisotopic (exact) mass is 140 g/mol. The molecule has 1 nitrogen and oxygen atoms in total. The lowest BCUT2D eigenvalue weighted by molar-refractivity contribution is -0.671. The molecule has 0 N–H and O–H groups in total. The minimum Gasteiger partial charge on any atom is -0.207 e. The van der Waals surface area contributed by atoms with Crippen LogP contribution in [0.3, 0.4) is 0 Å². The summed E-state index contributed by atoms with van der Waals surface area (Å²) in [5.41, 5.74) is 1.25. The van der Waals surface area contributed by atoms with Gasteiger partial charge in [0.1, 0.15) is 7.05 Å². The summed E-state index contributed by atoms with van der Waals surface area (Å²) in [5.74, 6) is 0.814. The molecular formula is C7H10NS+. The Morgan fingerprint density at radius 1 is 1.67 bits per heavy atom. The smallest absolute Gasteiger partial charge is 0.172 e. The topological polar surface area (TPSA) is 3.88 Å². The van der Waals surface area contributed by atoms with Gasteiger partial charge in [-0.2, -0.15) is 12.6 Å². The van der Waals surface area contributed by atoms with Crippen LogP contribution >= 0.6 is 12.6 Å². The molecule has 2 heteroatoms. The number of rotatable bonds is 1. The van der Waals surface area contributed by atoms with Gasteiger partial charge in [-0.3, -0.25) is 0 Å². The maximum atomic E-state index is 4.14. The van der Waals surface area contributed by atoms with Gasteiger partial charge < -0.3 is 0 Å². The van der Waals surface area contributed by atoms with E-state index in [1.165, 1.54) is 5.56 Å². The molecule has 0 amide bonds. The zero-order valence-electron chi connectivity index (χ0n) is 5.41. The maximum Gasteiger partial charge on any atom is 0.172 e. The first kappa shape index (κ1) is 6.62. The van der Waals surface area contributed by atoms with Crippen LogP contribution in [-0.2, 0) is 12.8 Å². The average Bonchev–Trinajstić information content (AvgIpc) is 1.88. The van der Waals surface area contributed by atoms with Crippen LogP contribution < -0.4 is 4.57 Å². The minimum absolute atomic E-state index is 0.814. The van der Waals surface area contributed by atoms with Gasteiger partial charge in [0.15, 0.2) is 12.4 Å². The molecule has 0 saturated heterocycles. The molecule has 0 spiro atoms. The lowest BCUT2D eigenvalue weighted by Gasteiger charge is -1.89. The summed E-state index contributed by atoms with van der Waals surface area (Å²) >= 11 is 4.14. The molecule has 0 fully saturated rings. The first-order valence-corrected chi connectivity index (χ1v) is 3.51. The van der Waals surface area contributed by atoms with E-state index in [4.69, 9.17) is 0 Å². The van der Waals surface area contributed by atoms with Crippen molar-refractivity contribution >= 4 is 12.6 Å². The fourth-order valence-electron chi connectivity index (χ4n) is 0.744. The minimum atomic E-state index is 0.814. The molecule has 0 aliphatic heterocycles.